The lowest BCUT2D eigenvalue weighted by atomic mass is 9.90. The van der Waals surface area contributed by atoms with E-state index in [-0.39, 0.29) is 17.6 Å². The summed E-state index contributed by atoms with van der Waals surface area (Å²) in [5.41, 5.74) is 0. The van der Waals surface area contributed by atoms with E-state index in [1.54, 1.807) is 0 Å². The smallest absolute Gasteiger partial charge is 0.303 e. The van der Waals surface area contributed by atoms with Gasteiger partial charge in [0.1, 0.15) is 12.2 Å². The van der Waals surface area contributed by atoms with E-state index >= 15 is 0 Å². The number of hydrogen-bond donors (Lipinski definition) is 0. The molecule has 0 spiro atoms. The lowest BCUT2D eigenvalue weighted by Crippen LogP contribution is -2.68. The number of esters is 2. The fraction of sp³-hybridized carbons (Fsp3) is 0.500. The molecule has 0 unspecified atom stereocenters. The van der Waals surface area contributed by atoms with Crippen LogP contribution in [0, 0.1) is 5.92 Å². The van der Waals surface area contributed by atoms with E-state index < -0.39 is 44.9 Å². The molecule has 7 nitrogen and oxygen atoms in total. The summed E-state index contributed by atoms with van der Waals surface area (Å²) in [5, 5.41) is 2.05. The maximum absolute atomic E-state index is 12.0. The van der Waals surface area contributed by atoms with Gasteiger partial charge in [-0.3, -0.25) is 9.59 Å². The molecule has 36 heavy (non-hydrogen) atoms. The maximum atomic E-state index is 12.0. The third-order valence-electron chi connectivity index (χ3n) is 6.70. The Bertz CT molecular complexity index is 966. The van der Waals surface area contributed by atoms with Crippen LogP contribution in [0.25, 0.3) is 0 Å². The number of carbonyl (C=O) groups is 2. The second-order valence-corrected chi connectivity index (χ2v) is 14.6. The van der Waals surface area contributed by atoms with Gasteiger partial charge in [-0.2, -0.15) is 0 Å². The molecule has 8 heteroatoms. The normalized spacial score (nSPS) is 24.7. The van der Waals surface area contributed by atoms with E-state index in [0.717, 1.165) is 10.4 Å². The Morgan fingerprint density at radius 3 is 1.75 bits per heavy atom. The lowest BCUT2D eigenvalue weighted by molar-refractivity contribution is -0.285. The molecule has 0 aliphatic carbocycles. The maximum Gasteiger partial charge on any atom is 0.303 e. The van der Waals surface area contributed by atoms with Gasteiger partial charge >= 0.3 is 11.9 Å². The van der Waals surface area contributed by atoms with Gasteiger partial charge in [0.25, 0.3) is 8.32 Å². The van der Waals surface area contributed by atoms with Gasteiger partial charge in [0.05, 0.1) is 6.61 Å². The molecule has 5 atom stereocenters. The van der Waals surface area contributed by atoms with Crippen molar-refractivity contribution in [3.05, 3.63) is 60.7 Å². The van der Waals surface area contributed by atoms with Crippen molar-refractivity contribution >= 4 is 30.6 Å². The van der Waals surface area contributed by atoms with Gasteiger partial charge in [-0.25, -0.2) is 0 Å². The van der Waals surface area contributed by atoms with Crippen LogP contribution in [0.5, 0.6) is 0 Å². The molecular weight excluding hydrogens is 476 g/mol. The van der Waals surface area contributed by atoms with Gasteiger partial charge in [-0.1, -0.05) is 88.4 Å². The molecule has 1 fully saturated rings. The number of rotatable bonds is 8. The summed E-state index contributed by atoms with van der Waals surface area (Å²) in [6, 6.07) is 20.6. The molecule has 0 bridgehead atoms. The third-order valence-corrected chi connectivity index (χ3v) is 11.7. The molecule has 1 aliphatic heterocycles. The Hall–Kier alpha value is -2.52. The van der Waals surface area contributed by atoms with Crippen molar-refractivity contribution in [1.82, 2.24) is 0 Å². The van der Waals surface area contributed by atoms with Crippen LogP contribution in [0.1, 0.15) is 41.5 Å². The number of benzene rings is 2. The number of hydrogen-bond acceptors (Lipinski definition) is 7. The molecular formula is C28H38O7Si. The van der Waals surface area contributed by atoms with Crippen molar-refractivity contribution in [3.8, 4) is 0 Å². The van der Waals surface area contributed by atoms with Gasteiger partial charge in [-0.15, -0.1) is 0 Å². The van der Waals surface area contributed by atoms with Crippen LogP contribution in [0.4, 0.5) is 0 Å². The van der Waals surface area contributed by atoms with Crippen LogP contribution in [-0.2, 0) is 33.0 Å². The fourth-order valence-corrected chi connectivity index (χ4v) is 9.69. The second kappa shape index (κ2) is 11.7. The van der Waals surface area contributed by atoms with Crippen molar-refractivity contribution < 1.29 is 33.0 Å². The van der Waals surface area contributed by atoms with Crippen LogP contribution < -0.4 is 10.4 Å². The van der Waals surface area contributed by atoms with Gasteiger partial charge in [0.2, 0.25) is 0 Å². The largest absolute Gasteiger partial charge is 0.459 e. The number of methoxy groups -OCH3 is 1. The minimum Gasteiger partial charge on any atom is -0.459 e. The van der Waals surface area contributed by atoms with Crippen molar-refractivity contribution in [2.75, 3.05) is 13.7 Å². The first-order chi connectivity index (χ1) is 17.0. The fourth-order valence-electron chi connectivity index (χ4n) is 5.12. The average molecular weight is 515 g/mol. The van der Waals surface area contributed by atoms with E-state index in [1.807, 2.05) is 43.3 Å². The Morgan fingerprint density at radius 2 is 1.33 bits per heavy atom. The molecule has 0 saturated carbocycles. The van der Waals surface area contributed by atoms with Crippen molar-refractivity contribution in [3.63, 3.8) is 0 Å². The Morgan fingerprint density at radius 1 is 0.861 bits per heavy atom. The van der Waals surface area contributed by atoms with Crippen LogP contribution in [0.2, 0.25) is 5.04 Å². The van der Waals surface area contributed by atoms with E-state index in [4.69, 9.17) is 23.4 Å². The van der Waals surface area contributed by atoms with E-state index in [1.165, 1.54) is 21.0 Å². The highest BCUT2D eigenvalue weighted by Crippen LogP contribution is 2.38. The summed E-state index contributed by atoms with van der Waals surface area (Å²) in [6.07, 6.45) is -2.84. The first-order valence-electron chi connectivity index (χ1n) is 12.3. The molecule has 0 amide bonds. The monoisotopic (exact) mass is 514 g/mol. The quantitative estimate of drug-likeness (QED) is 0.394. The Kier molecular flexibility index (Phi) is 9.11. The zero-order chi connectivity index (χ0) is 26.5. The summed E-state index contributed by atoms with van der Waals surface area (Å²) in [7, 11) is -1.35. The van der Waals surface area contributed by atoms with Crippen molar-refractivity contribution in [2.45, 2.75) is 71.2 Å². The van der Waals surface area contributed by atoms with E-state index in [9.17, 15) is 9.59 Å². The highest BCUT2D eigenvalue weighted by atomic mass is 28.4. The van der Waals surface area contributed by atoms with Gasteiger partial charge in [0, 0.05) is 26.9 Å². The first kappa shape index (κ1) is 28.1. The molecule has 1 aliphatic rings. The summed E-state index contributed by atoms with van der Waals surface area (Å²) < 4.78 is 30.0. The minimum absolute atomic E-state index is 0.169. The highest BCUT2D eigenvalue weighted by Gasteiger charge is 2.53. The topological polar surface area (TPSA) is 80.3 Å². The van der Waals surface area contributed by atoms with Crippen molar-refractivity contribution in [2.24, 2.45) is 5.92 Å². The Labute approximate surface area is 215 Å². The molecule has 1 heterocycles. The number of ether oxygens (including phenoxy) is 4. The summed E-state index contributed by atoms with van der Waals surface area (Å²) in [4.78, 5) is 23.8. The Balaban J connectivity index is 2.03. The molecule has 0 N–H and O–H groups in total. The predicted molar refractivity (Wildman–Crippen MR) is 140 cm³/mol. The van der Waals surface area contributed by atoms with Gasteiger partial charge < -0.3 is 23.4 Å². The summed E-state index contributed by atoms with van der Waals surface area (Å²) in [6.45, 7) is 11.3. The summed E-state index contributed by atoms with van der Waals surface area (Å²) in [5.74, 6) is -1.27. The van der Waals surface area contributed by atoms with Crippen LogP contribution in [0.3, 0.4) is 0 Å². The zero-order valence-electron chi connectivity index (χ0n) is 22.2. The summed E-state index contributed by atoms with van der Waals surface area (Å²) >= 11 is 0. The molecule has 2 aromatic carbocycles. The lowest BCUT2D eigenvalue weighted by Gasteiger charge is -2.47. The van der Waals surface area contributed by atoms with Crippen molar-refractivity contribution in [1.29, 1.82) is 0 Å². The molecule has 0 aromatic heterocycles. The second-order valence-electron chi connectivity index (χ2n) is 10.3. The van der Waals surface area contributed by atoms with E-state index in [0.29, 0.717) is 0 Å². The molecule has 0 radical (unpaired) electrons. The molecule has 3 rings (SSSR count). The molecule has 196 valence electrons. The van der Waals surface area contributed by atoms with Crippen LogP contribution in [-0.4, -0.2) is 58.6 Å². The number of carbonyl (C=O) groups excluding carboxylic acids is 2. The van der Waals surface area contributed by atoms with Crippen LogP contribution in [0.15, 0.2) is 60.7 Å². The predicted octanol–water partition coefficient (Wildman–Crippen LogP) is 3.43. The minimum atomic E-state index is -2.85. The first-order valence-corrected chi connectivity index (χ1v) is 14.2. The molecule has 1 saturated heterocycles. The van der Waals surface area contributed by atoms with Gasteiger partial charge in [0.15, 0.2) is 12.4 Å². The van der Waals surface area contributed by atoms with E-state index in [2.05, 4.69) is 45.0 Å². The SMILES string of the molecule is CO[C@@H]1O[C@@H](CO[Si](c2ccccc2)(c2ccccc2)C(C)(C)C)[C@@H](OC(C)=O)[C@H](C)[C@H]1OC(C)=O. The molecule has 2 aromatic rings. The average Bonchev–Trinajstić information content (AvgIpc) is 2.83. The third kappa shape index (κ3) is 5.89. The zero-order valence-corrected chi connectivity index (χ0v) is 23.2. The van der Waals surface area contributed by atoms with Gasteiger partial charge in [-0.05, 0) is 15.4 Å². The standard InChI is InChI=1S/C28H38O7Si/c1-19-25(33-20(2)29)24(35-27(31-7)26(19)34-21(3)30)18-32-36(28(4,5)6,22-14-10-8-11-15-22)23-16-12-9-13-17-23/h8-17,19,24-27H,18H2,1-7H3/t19-,24-,25-,26+,27+/m0/s1. The highest BCUT2D eigenvalue weighted by molar-refractivity contribution is 6.99. The van der Waals surface area contributed by atoms with Crippen LogP contribution >= 0.6 is 0 Å².